The van der Waals surface area contributed by atoms with Crippen molar-refractivity contribution in [3.8, 4) is 11.5 Å². The Morgan fingerprint density at radius 1 is 1.17 bits per heavy atom. The largest absolute Gasteiger partial charge is 0.493 e. The molecule has 2 fully saturated rings. The van der Waals surface area contributed by atoms with E-state index in [1.807, 2.05) is 30.0 Å². The summed E-state index contributed by atoms with van der Waals surface area (Å²) >= 11 is 1.95. The number of methoxy groups -OCH3 is 2. The third-order valence-corrected chi connectivity index (χ3v) is 6.17. The van der Waals surface area contributed by atoms with E-state index in [4.69, 9.17) is 9.47 Å². The summed E-state index contributed by atoms with van der Waals surface area (Å²) in [5, 5.41) is 0.720. The number of benzene rings is 1. The van der Waals surface area contributed by atoms with E-state index in [0.29, 0.717) is 30.0 Å². The molecule has 0 N–H and O–H groups in total. The van der Waals surface area contributed by atoms with Crippen molar-refractivity contribution in [2.45, 2.75) is 49.4 Å². The fourth-order valence-corrected chi connectivity index (χ4v) is 4.81. The summed E-state index contributed by atoms with van der Waals surface area (Å²) in [7, 11) is 3.24. The van der Waals surface area contributed by atoms with E-state index >= 15 is 0 Å². The third-order valence-electron chi connectivity index (χ3n) is 5.11. The summed E-state index contributed by atoms with van der Waals surface area (Å²) < 4.78 is 10.6. The van der Waals surface area contributed by atoms with Gasteiger partial charge in [-0.15, -0.1) is 0 Å². The van der Waals surface area contributed by atoms with Crippen LogP contribution in [0.25, 0.3) is 0 Å². The van der Waals surface area contributed by atoms with Crippen LogP contribution in [0.1, 0.15) is 31.2 Å². The second kappa shape index (κ2) is 7.04. The zero-order valence-electron chi connectivity index (χ0n) is 14.1. The van der Waals surface area contributed by atoms with Crippen molar-refractivity contribution in [2.24, 2.45) is 0 Å². The number of carbonyl (C=O) groups is 1. The summed E-state index contributed by atoms with van der Waals surface area (Å²) in [4.78, 5) is 15.0. The minimum atomic E-state index is 0.254. The summed E-state index contributed by atoms with van der Waals surface area (Å²) in [6.45, 7) is 0. The first-order chi connectivity index (χ1) is 11.2. The Bertz CT molecular complexity index is 563. The van der Waals surface area contributed by atoms with E-state index in [1.54, 1.807) is 14.2 Å². The lowest BCUT2D eigenvalue weighted by atomic mass is 10.0. The van der Waals surface area contributed by atoms with E-state index in [2.05, 4.69) is 11.2 Å². The number of carbonyl (C=O) groups excluding carboxylic acids is 1. The van der Waals surface area contributed by atoms with Gasteiger partial charge in [-0.2, -0.15) is 11.8 Å². The van der Waals surface area contributed by atoms with Crippen molar-refractivity contribution < 1.29 is 14.3 Å². The molecule has 2 saturated heterocycles. The van der Waals surface area contributed by atoms with Crippen LogP contribution in [0, 0.1) is 0 Å². The quantitative estimate of drug-likeness (QED) is 0.829. The average molecular weight is 335 g/mol. The van der Waals surface area contributed by atoms with E-state index in [1.165, 1.54) is 12.8 Å². The van der Waals surface area contributed by atoms with Crippen molar-refractivity contribution in [1.29, 1.82) is 0 Å². The minimum Gasteiger partial charge on any atom is -0.493 e. The number of nitrogens with zero attached hydrogens (tertiary/aromatic N) is 1. The molecule has 4 nitrogen and oxygen atoms in total. The topological polar surface area (TPSA) is 38.8 Å². The van der Waals surface area contributed by atoms with Gasteiger partial charge in [-0.1, -0.05) is 6.07 Å². The number of thioether (sulfide) groups is 1. The number of piperidine rings is 1. The molecule has 0 aliphatic carbocycles. The van der Waals surface area contributed by atoms with Crippen LogP contribution in [0.5, 0.6) is 11.5 Å². The molecule has 2 aliphatic heterocycles. The van der Waals surface area contributed by atoms with Gasteiger partial charge in [0.2, 0.25) is 5.91 Å². The lowest BCUT2D eigenvalue weighted by molar-refractivity contribution is -0.134. The van der Waals surface area contributed by atoms with Crippen LogP contribution in [0.4, 0.5) is 0 Å². The van der Waals surface area contributed by atoms with Crippen LogP contribution in [0.15, 0.2) is 18.2 Å². The van der Waals surface area contributed by atoms with E-state index in [-0.39, 0.29) is 5.91 Å². The van der Waals surface area contributed by atoms with Crippen molar-refractivity contribution in [1.82, 2.24) is 4.90 Å². The van der Waals surface area contributed by atoms with Gasteiger partial charge in [-0.25, -0.2) is 0 Å². The molecule has 1 aromatic carbocycles. The van der Waals surface area contributed by atoms with Gasteiger partial charge < -0.3 is 14.4 Å². The van der Waals surface area contributed by atoms with Crippen molar-refractivity contribution in [3.05, 3.63) is 23.8 Å². The lowest BCUT2D eigenvalue weighted by Crippen LogP contribution is -2.47. The summed E-state index contributed by atoms with van der Waals surface area (Å²) in [6, 6.07) is 6.62. The molecule has 3 rings (SSSR count). The Labute approximate surface area is 142 Å². The average Bonchev–Trinajstić information content (AvgIpc) is 2.85. The molecule has 0 aromatic heterocycles. The number of fused-ring (bicyclic) bond motifs is 2. The second-order valence-corrected chi connectivity index (χ2v) is 7.52. The highest BCUT2D eigenvalue weighted by atomic mass is 32.2. The SMILES string of the molecule is COc1ccc(CC(=O)N2C3CCC2CC(SC)C3)cc1OC. The normalized spacial score (nSPS) is 26.2. The molecule has 2 bridgehead atoms. The van der Waals surface area contributed by atoms with Crippen LogP contribution in [-0.4, -0.2) is 48.6 Å². The van der Waals surface area contributed by atoms with Crippen LogP contribution in [0.2, 0.25) is 0 Å². The first kappa shape index (κ1) is 16.5. The Morgan fingerprint density at radius 3 is 2.39 bits per heavy atom. The molecule has 1 amide bonds. The third kappa shape index (κ3) is 3.30. The molecule has 2 aliphatic rings. The van der Waals surface area contributed by atoms with Crippen molar-refractivity contribution in [2.75, 3.05) is 20.5 Å². The first-order valence-corrected chi connectivity index (χ1v) is 9.50. The van der Waals surface area contributed by atoms with Crippen LogP contribution >= 0.6 is 11.8 Å². The fraction of sp³-hybridized carbons (Fsp3) is 0.611. The van der Waals surface area contributed by atoms with Gasteiger partial charge in [0, 0.05) is 17.3 Å². The molecular weight excluding hydrogens is 310 g/mol. The Morgan fingerprint density at radius 2 is 1.83 bits per heavy atom. The van der Waals surface area contributed by atoms with Crippen LogP contribution in [0.3, 0.4) is 0 Å². The van der Waals surface area contributed by atoms with Gasteiger partial charge in [0.1, 0.15) is 0 Å². The maximum Gasteiger partial charge on any atom is 0.227 e. The van der Waals surface area contributed by atoms with E-state index in [0.717, 1.165) is 23.7 Å². The molecule has 2 atom stereocenters. The zero-order valence-corrected chi connectivity index (χ0v) is 14.9. The molecule has 2 unspecified atom stereocenters. The van der Waals surface area contributed by atoms with Gasteiger partial charge in [0.25, 0.3) is 0 Å². The van der Waals surface area contributed by atoms with E-state index < -0.39 is 0 Å². The van der Waals surface area contributed by atoms with Gasteiger partial charge in [-0.05, 0) is 49.6 Å². The first-order valence-electron chi connectivity index (χ1n) is 8.21. The number of hydrogen-bond acceptors (Lipinski definition) is 4. The van der Waals surface area contributed by atoms with Gasteiger partial charge in [0.05, 0.1) is 20.6 Å². The summed E-state index contributed by atoms with van der Waals surface area (Å²) in [5.74, 6) is 1.63. The lowest BCUT2D eigenvalue weighted by Gasteiger charge is -2.38. The molecule has 1 aromatic rings. The maximum atomic E-state index is 12.8. The molecule has 126 valence electrons. The predicted molar refractivity (Wildman–Crippen MR) is 93.4 cm³/mol. The van der Waals surface area contributed by atoms with Gasteiger partial charge >= 0.3 is 0 Å². The molecule has 23 heavy (non-hydrogen) atoms. The summed E-state index contributed by atoms with van der Waals surface area (Å²) in [6.07, 6.45) is 7.26. The second-order valence-electron chi connectivity index (χ2n) is 6.38. The maximum absolute atomic E-state index is 12.8. The number of amides is 1. The summed E-state index contributed by atoms with van der Waals surface area (Å²) in [5.41, 5.74) is 0.985. The molecule has 0 spiro atoms. The van der Waals surface area contributed by atoms with Gasteiger partial charge in [0.15, 0.2) is 11.5 Å². The van der Waals surface area contributed by atoms with Crippen molar-refractivity contribution in [3.63, 3.8) is 0 Å². The Kier molecular flexibility index (Phi) is 5.05. The zero-order chi connectivity index (χ0) is 16.4. The van der Waals surface area contributed by atoms with Crippen LogP contribution in [-0.2, 0) is 11.2 Å². The molecular formula is C18H25NO3S. The van der Waals surface area contributed by atoms with Crippen molar-refractivity contribution >= 4 is 17.7 Å². The highest BCUT2D eigenvalue weighted by Gasteiger charge is 2.42. The highest BCUT2D eigenvalue weighted by molar-refractivity contribution is 7.99. The number of ether oxygens (including phenoxy) is 2. The Balaban J connectivity index is 1.70. The minimum absolute atomic E-state index is 0.254. The predicted octanol–water partition coefficient (Wildman–Crippen LogP) is 3.13. The van der Waals surface area contributed by atoms with Crippen LogP contribution < -0.4 is 9.47 Å². The van der Waals surface area contributed by atoms with Gasteiger partial charge in [-0.3, -0.25) is 4.79 Å². The number of rotatable bonds is 5. The molecule has 2 heterocycles. The van der Waals surface area contributed by atoms with E-state index in [9.17, 15) is 4.79 Å². The standard InChI is InChI=1S/C18H25NO3S/c1-21-16-7-4-12(8-17(16)22-2)9-18(20)19-13-5-6-14(19)11-15(10-13)23-3/h4,7-8,13-15H,5-6,9-11H2,1-3H3. The molecule has 0 radical (unpaired) electrons. The Hall–Kier alpha value is -1.36. The fourth-order valence-electron chi connectivity index (χ4n) is 3.98. The smallest absolute Gasteiger partial charge is 0.227 e. The molecule has 0 saturated carbocycles. The number of hydrogen-bond donors (Lipinski definition) is 0. The highest BCUT2D eigenvalue weighted by Crippen LogP contribution is 2.40. The molecule has 5 heteroatoms. The monoisotopic (exact) mass is 335 g/mol.